The lowest BCUT2D eigenvalue weighted by atomic mass is 10.1. The Kier molecular flexibility index (Phi) is 7.01. The fourth-order valence-electron chi connectivity index (χ4n) is 3.15. The smallest absolute Gasteiger partial charge is 0.191 e. The van der Waals surface area contributed by atoms with Gasteiger partial charge in [-0.2, -0.15) is 0 Å². The van der Waals surface area contributed by atoms with E-state index in [1.807, 2.05) is 54.0 Å². The summed E-state index contributed by atoms with van der Waals surface area (Å²) in [4.78, 5) is 0. The first-order valence-corrected chi connectivity index (χ1v) is 11.0. The van der Waals surface area contributed by atoms with Gasteiger partial charge in [-0.15, -0.1) is 10.2 Å². The molecule has 0 aliphatic rings. The number of hydrogen-bond donors (Lipinski definition) is 0. The van der Waals surface area contributed by atoms with Crippen LogP contribution in [0.3, 0.4) is 0 Å². The summed E-state index contributed by atoms with van der Waals surface area (Å²) in [6, 6.07) is 20.1. The number of benzene rings is 2. The highest BCUT2D eigenvalue weighted by Crippen LogP contribution is 2.30. The molecular weight excluding hydrogens is 412 g/mol. The first-order chi connectivity index (χ1) is 15.2. The lowest BCUT2D eigenvalue weighted by Gasteiger charge is -2.13. The van der Waals surface area contributed by atoms with Crippen molar-refractivity contribution in [2.24, 2.45) is 0 Å². The number of aromatic nitrogens is 4. The van der Waals surface area contributed by atoms with Gasteiger partial charge < -0.3 is 18.6 Å². The first-order valence-electron chi connectivity index (χ1n) is 9.98. The molecule has 0 unspecified atom stereocenters. The van der Waals surface area contributed by atoms with Gasteiger partial charge in [-0.25, -0.2) is 0 Å². The topological polar surface area (TPSA) is 75.2 Å². The SMILES string of the molecule is COCCn1c(COc2ccccc2-c2ccccc2)nnc1SCc1cc(C)no1. The predicted octanol–water partition coefficient (Wildman–Crippen LogP) is 4.76. The highest BCUT2D eigenvalue weighted by atomic mass is 32.2. The molecule has 0 N–H and O–H groups in total. The van der Waals surface area contributed by atoms with Crippen LogP contribution >= 0.6 is 11.8 Å². The maximum atomic E-state index is 6.18. The molecule has 0 aliphatic heterocycles. The van der Waals surface area contributed by atoms with E-state index in [9.17, 15) is 0 Å². The van der Waals surface area contributed by atoms with Crippen molar-refractivity contribution in [3.05, 3.63) is 77.9 Å². The zero-order valence-corrected chi connectivity index (χ0v) is 18.3. The minimum Gasteiger partial charge on any atom is -0.485 e. The van der Waals surface area contributed by atoms with E-state index < -0.39 is 0 Å². The number of hydrogen-bond acceptors (Lipinski definition) is 7. The van der Waals surface area contributed by atoms with Crippen molar-refractivity contribution >= 4 is 11.8 Å². The third kappa shape index (κ3) is 5.34. The van der Waals surface area contributed by atoms with Crippen LogP contribution in [0, 0.1) is 6.92 Å². The minimum absolute atomic E-state index is 0.308. The van der Waals surface area contributed by atoms with Crippen LogP contribution in [0.1, 0.15) is 17.3 Å². The van der Waals surface area contributed by atoms with Crippen LogP contribution in [-0.4, -0.2) is 33.6 Å². The molecule has 2 aromatic heterocycles. The molecule has 7 nitrogen and oxygen atoms in total. The highest BCUT2D eigenvalue weighted by molar-refractivity contribution is 7.98. The molecule has 31 heavy (non-hydrogen) atoms. The highest BCUT2D eigenvalue weighted by Gasteiger charge is 2.15. The summed E-state index contributed by atoms with van der Waals surface area (Å²) < 4.78 is 18.8. The van der Waals surface area contributed by atoms with Gasteiger partial charge >= 0.3 is 0 Å². The van der Waals surface area contributed by atoms with E-state index in [1.165, 1.54) is 0 Å². The molecule has 0 aliphatic carbocycles. The molecule has 2 heterocycles. The average molecular weight is 437 g/mol. The van der Waals surface area contributed by atoms with Gasteiger partial charge in [0.2, 0.25) is 0 Å². The van der Waals surface area contributed by atoms with E-state index in [2.05, 4.69) is 33.6 Å². The van der Waals surface area contributed by atoms with Crippen molar-refractivity contribution in [2.45, 2.75) is 31.0 Å². The molecule has 4 rings (SSSR count). The summed E-state index contributed by atoms with van der Waals surface area (Å²) in [6.07, 6.45) is 0. The van der Waals surface area contributed by atoms with Crippen molar-refractivity contribution in [2.75, 3.05) is 13.7 Å². The molecule has 160 valence electrons. The maximum Gasteiger partial charge on any atom is 0.191 e. The number of nitrogens with zero attached hydrogens (tertiary/aromatic N) is 4. The van der Waals surface area contributed by atoms with Gasteiger partial charge in [0.25, 0.3) is 0 Å². The van der Waals surface area contributed by atoms with Crippen LogP contribution in [0.5, 0.6) is 5.75 Å². The largest absolute Gasteiger partial charge is 0.485 e. The van der Waals surface area contributed by atoms with E-state index in [0.29, 0.717) is 25.5 Å². The first kappa shape index (κ1) is 21.1. The maximum absolute atomic E-state index is 6.18. The Morgan fingerprint density at radius 1 is 1.03 bits per heavy atom. The normalized spacial score (nSPS) is 11.0. The van der Waals surface area contributed by atoms with Crippen LogP contribution in [0.15, 0.2) is 70.3 Å². The Bertz CT molecular complexity index is 1110. The van der Waals surface area contributed by atoms with Crippen molar-refractivity contribution in [1.29, 1.82) is 0 Å². The summed E-state index contributed by atoms with van der Waals surface area (Å²) in [5, 5.41) is 13.5. The lowest BCUT2D eigenvalue weighted by molar-refractivity contribution is 0.181. The fourth-order valence-corrected chi connectivity index (χ4v) is 4.01. The number of ether oxygens (including phenoxy) is 2. The van der Waals surface area contributed by atoms with E-state index >= 15 is 0 Å². The van der Waals surface area contributed by atoms with Crippen LogP contribution in [0.4, 0.5) is 0 Å². The van der Waals surface area contributed by atoms with E-state index in [-0.39, 0.29) is 0 Å². The summed E-state index contributed by atoms with van der Waals surface area (Å²) in [6.45, 7) is 3.41. The van der Waals surface area contributed by atoms with E-state index in [4.69, 9.17) is 14.0 Å². The number of thioether (sulfide) groups is 1. The number of rotatable bonds is 10. The molecule has 0 saturated heterocycles. The summed E-state index contributed by atoms with van der Waals surface area (Å²) in [7, 11) is 1.68. The van der Waals surface area contributed by atoms with E-state index in [0.717, 1.165) is 39.3 Å². The third-order valence-corrected chi connectivity index (χ3v) is 5.65. The molecule has 0 fully saturated rings. The zero-order chi connectivity index (χ0) is 21.5. The average Bonchev–Trinajstić information content (AvgIpc) is 3.40. The second kappa shape index (κ2) is 10.3. The second-order valence-electron chi connectivity index (χ2n) is 6.92. The Hall–Kier alpha value is -3.10. The molecule has 0 atom stereocenters. The molecule has 0 saturated carbocycles. The quantitative estimate of drug-likeness (QED) is 0.332. The van der Waals surface area contributed by atoms with Gasteiger partial charge in [-0.3, -0.25) is 0 Å². The van der Waals surface area contributed by atoms with Gasteiger partial charge in [0, 0.05) is 25.3 Å². The van der Waals surface area contributed by atoms with Gasteiger partial charge in [0.05, 0.1) is 18.1 Å². The molecule has 0 spiro atoms. The summed E-state index contributed by atoms with van der Waals surface area (Å²) in [5.74, 6) is 2.99. The lowest BCUT2D eigenvalue weighted by Crippen LogP contribution is -2.12. The molecule has 4 aromatic rings. The summed E-state index contributed by atoms with van der Waals surface area (Å²) >= 11 is 1.55. The molecule has 0 amide bonds. The molecule has 2 aromatic carbocycles. The van der Waals surface area contributed by atoms with Gasteiger partial charge in [-0.1, -0.05) is 65.4 Å². The van der Waals surface area contributed by atoms with Crippen molar-refractivity contribution in [3.8, 4) is 16.9 Å². The standard InChI is InChI=1S/C23H24N4O3S/c1-17-14-19(30-26-17)16-31-23-25-24-22(27(23)12-13-28-2)15-29-21-11-7-6-10-20(21)18-8-4-3-5-9-18/h3-11,14H,12-13,15-16H2,1-2H3. The Balaban J connectivity index is 1.50. The summed E-state index contributed by atoms with van der Waals surface area (Å²) in [5.41, 5.74) is 3.02. The molecule has 8 heteroatoms. The van der Waals surface area contributed by atoms with Crippen molar-refractivity contribution < 1.29 is 14.0 Å². The van der Waals surface area contributed by atoms with Crippen LogP contribution < -0.4 is 4.74 Å². The Morgan fingerprint density at radius 3 is 2.61 bits per heavy atom. The van der Waals surface area contributed by atoms with Gasteiger partial charge in [0.1, 0.15) is 18.1 Å². The third-order valence-electron chi connectivity index (χ3n) is 4.66. The fraction of sp³-hybridized carbons (Fsp3) is 0.261. The predicted molar refractivity (Wildman–Crippen MR) is 119 cm³/mol. The van der Waals surface area contributed by atoms with Gasteiger partial charge in [-0.05, 0) is 18.6 Å². The second-order valence-corrected chi connectivity index (χ2v) is 7.86. The molecule has 0 radical (unpaired) electrons. The minimum atomic E-state index is 0.308. The number of aryl methyl sites for hydroxylation is 1. The number of methoxy groups -OCH3 is 1. The number of para-hydroxylation sites is 1. The zero-order valence-electron chi connectivity index (χ0n) is 17.5. The monoisotopic (exact) mass is 436 g/mol. The van der Waals surface area contributed by atoms with Gasteiger partial charge in [0.15, 0.2) is 11.0 Å². The van der Waals surface area contributed by atoms with Crippen LogP contribution in [0.25, 0.3) is 11.1 Å². The molecular formula is C23H24N4O3S. The van der Waals surface area contributed by atoms with Crippen molar-refractivity contribution in [3.63, 3.8) is 0 Å². The Labute approximate surface area is 185 Å². The van der Waals surface area contributed by atoms with Crippen LogP contribution in [-0.2, 0) is 23.6 Å². The van der Waals surface area contributed by atoms with Crippen LogP contribution in [0.2, 0.25) is 0 Å². The Morgan fingerprint density at radius 2 is 1.84 bits per heavy atom. The van der Waals surface area contributed by atoms with E-state index in [1.54, 1.807) is 18.9 Å². The van der Waals surface area contributed by atoms with Crippen molar-refractivity contribution in [1.82, 2.24) is 19.9 Å². The molecule has 0 bridgehead atoms.